The minimum Gasteiger partial charge on any atom is -0.463 e. The van der Waals surface area contributed by atoms with E-state index >= 15 is 0 Å². The molecule has 0 radical (unpaired) electrons. The van der Waals surface area contributed by atoms with Gasteiger partial charge in [0.2, 0.25) is 0 Å². The first-order valence-corrected chi connectivity index (χ1v) is 8.35. The smallest absolute Gasteiger partial charge is 0.319 e. The van der Waals surface area contributed by atoms with E-state index in [1.54, 1.807) is 11.8 Å². The van der Waals surface area contributed by atoms with Crippen LogP contribution in [0.15, 0.2) is 41.4 Å². The Morgan fingerprint density at radius 3 is 2.61 bits per heavy atom. The SMILES string of the molecule is C=C1NC(=O)N[C@@H](c2ccc(SC)cc2)[C@@H]1C(=O)OCCOC. The van der Waals surface area contributed by atoms with Crippen LogP contribution in [-0.2, 0) is 14.3 Å². The van der Waals surface area contributed by atoms with Crippen LogP contribution < -0.4 is 10.6 Å². The summed E-state index contributed by atoms with van der Waals surface area (Å²) in [6, 6.07) is 6.79. The summed E-state index contributed by atoms with van der Waals surface area (Å²) in [6.45, 7) is 4.27. The second kappa shape index (κ2) is 8.03. The monoisotopic (exact) mass is 336 g/mol. The maximum absolute atomic E-state index is 12.4. The van der Waals surface area contributed by atoms with Crippen molar-refractivity contribution in [3.8, 4) is 0 Å². The fourth-order valence-electron chi connectivity index (χ4n) is 2.37. The molecule has 0 unspecified atom stereocenters. The van der Waals surface area contributed by atoms with Crippen LogP contribution in [0.5, 0.6) is 0 Å². The molecule has 1 aromatic carbocycles. The minimum absolute atomic E-state index is 0.158. The number of nitrogens with one attached hydrogen (secondary N) is 2. The maximum atomic E-state index is 12.4. The molecular weight excluding hydrogens is 316 g/mol. The molecule has 1 aliphatic rings. The second-order valence-corrected chi connectivity index (χ2v) is 5.89. The molecule has 0 saturated carbocycles. The fraction of sp³-hybridized carbons (Fsp3) is 0.375. The van der Waals surface area contributed by atoms with Gasteiger partial charge in [-0.05, 0) is 24.0 Å². The van der Waals surface area contributed by atoms with Crippen molar-refractivity contribution in [3.05, 3.63) is 42.1 Å². The molecule has 1 aromatic rings. The average molecular weight is 336 g/mol. The van der Waals surface area contributed by atoms with Gasteiger partial charge in [0.25, 0.3) is 0 Å². The Kier molecular flexibility index (Phi) is 6.06. The lowest BCUT2D eigenvalue weighted by atomic mass is 9.89. The predicted molar refractivity (Wildman–Crippen MR) is 88.1 cm³/mol. The van der Waals surface area contributed by atoms with E-state index in [2.05, 4.69) is 17.2 Å². The Hall–Kier alpha value is -1.99. The minimum atomic E-state index is -0.690. The highest BCUT2D eigenvalue weighted by Crippen LogP contribution is 2.31. The third-order valence-corrected chi connectivity index (χ3v) is 4.27. The van der Waals surface area contributed by atoms with E-state index in [0.29, 0.717) is 12.3 Å². The summed E-state index contributed by atoms with van der Waals surface area (Å²) in [5.41, 5.74) is 1.16. The molecule has 23 heavy (non-hydrogen) atoms. The average Bonchev–Trinajstić information content (AvgIpc) is 2.54. The van der Waals surface area contributed by atoms with Gasteiger partial charge in [-0.15, -0.1) is 11.8 Å². The lowest BCUT2D eigenvalue weighted by Gasteiger charge is -2.33. The van der Waals surface area contributed by atoms with Crippen LogP contribution in [0.25, 0.3) is 0 Å². The van der Waals surface area contributed by atoms with Gasteiger partial charge >= 0.3 is 12.0 Å². The van der Waals surface area contributed by atoms with Crippen LogP contribution in [0.2, 0.25) is 0 Å². The van der Waals surface area contributed by atoms with Gasteiger partial charge in [0, 0.05) is 17.7 Å². The summed E-state index contributed by atoms with van der Waals surface area (Å²) >= 11 is 1.62. The third-order valence-electron chi connectivity index (χ3n) is 3.53. The standard InChI is InChI=1S/C16H20N2O4S/c1-10-13(15(19)22-9-8-21-2)14(18-16(20)17-10)11-4-6-12(23-3)7-5-11/h4-7,13-14H,1,8-9H2,2-3H3,(H2,17,18,20)/t13-,14+/m1/s1. The van der Waals surface area contributed by atoms with E-state index in [1.165, 1.54) is 7.11 Å². The molecule has 0 spiro atoms. The van der Waals surface area contributed by atoms with Crippen molar-refractivity contribution in [1.82, 2.24) is 10.6 Å². The molecule has 1 fully saturated rings. The number of rotatable bonds is 6. The van der Waals surface area contributed by atoms with E-state index < -0.39 is 17.9 Å². The Balaban J connectivity index is 2.21. The highest BCUT2D eigenvalue weighted by Gasteiger charge is 2.38. The number of methoxy groups -OCH3 is 1. The number of benzene rings is 1. The zero-order valence-corrected chi connectivity index (χ0v) is 13.9. The summed E-state index contributed by atoms with van der Waals surface area (Å²) < 4.78 is 10.1. The Morgan fingerprint density at radius 1 is 1.30 bits per heavy atom. The molecule has 124 valence electrons. The lowest BCUT2D eigenvalue weighted by Crippen LogP contribution is -2.51. The molecule has 0 bridgehead atoms. The lowest BCUT2D eigenvalue weighted by molar-refractivity contribution is -0.149. The molecule has 2 amide bonds. The van der Waals surface area contributed by atoms with Crippen LogP contribution in [0, 0.1) is 5.92 Å². The summed E-state index contributed by atoms with van der Waals surface area (Å²) in [5, 5.41) is 5.31. The van der Waals surface area contributed by atoms with Gasteiger partial charge in [-0.25, -0.2) is 4.79 Å². The molecule has 1 saturated heterocycles. The number of ether oxygens (including phenoxy) is 2. The molecule has 0 aliphatic carbocycles. The van der Waals surface area contributed by atoms with Crippen LogP contribution >= 0.6 is 11.8 Å². The zero-order chi connectivity index (χ0) is 16.8. The van der Waals surface area contributed by atoms with Crippen molar-refractivity contribution < 1.29 is 19.1 Å². The highest BCUT2D eigenvalue weighted by atomic mass is 32.2. The predicted octanol–water partition coefficient (Wildman–Crippen LogP) is 2.08. The summed E-state index contributed by atoms with van der Waals surface area (Å²) in [7, 11) is 1.53. The fourth-order valence-corrected chi connectivity index (χ4v) is 2.77. The topological polar surface area (TPSA) is 76.7 Å². The van der Waals surface area contributed by atoms with Gasteiger partial charge in [0.05, 0.1) is 12.6 Å². The van der Waals surface area contributed by atoms with Gasteiger partial charge in [-0.1, -0.05) is 18.7 Å². The number of urea groups is 1. The molecule has 1 aliphatic heterocycles. The number of hydrogen-bond donors (Lipinski definition) is 2. The van der Waals surface area contributed by atoms with Crippen molar-refractivity contribution in [2.45, 2.75) is 10.9 Å². The zero-order valence-electron chi connectivity index (χ0n) is 13.1. The summed E-state index contributed by atoms with van der Waals surface area (Å²) in [4.78, 5) is 25.2. The number of amides is 2. The van der Waals surface area contributed by atoms with Crippen LogP contribution in [0.4, 0.5) is 4.79 Å². The first kappa shape index (κ1) is 17.4. The first-order chi connectivity index (χ1) is 11.1. The number of esters is 1. The van der Waals surface area contributed by atoms with Crippen molar-refractivity contribution >= 4 is 23.8 Å². The summed E-state index contributed by atoms with van der Waals surface area (Å²) in [5.74, 6) is -1.14. The molecule has 6 nitrogen and oxygen atoms in total. The van der Waals surface area contributed by atoms with Gasteiger partial charge < -0.3 is 20.1 Å². The van der Waals surface area contributed by atoms with Gasteiger partial charge in [0.15, 0.2) is 0 Å². The molecular formula is C16H20N2O4S. The van der Waals surface area contributed by atoms with Crippen molar-refractivity contribution in [1.29, 1.82) is 0 Å². The normalized spacial score (nSPS) is 20.6. The van der Waals surface area contributed by atoms with E-state index in [-0.39, 0.29) is 12.6 Å². The third kappa shape index (κ3) is 4.27. The number of hydrogen-bond acceptors (Lipinski definition) is 5. The van der Waals surface area contributed by atoms with Crippen molar-refractivity contribution in [3.63, 3.8) is 0 Å². The van der Waals surface area contributed by atoms with Gasteiger partial charge in [-0.3, -0.25) is 4.79 Å². The van der Waals surface area contributed by atoms with Crippen LogP contribution in [-0.4, -0.2) is 38.6 Å². The maximum Gasteiger partial charge on any atom is 0.319 e. The van der Waals surface area contributed by atoms with Crippen LogP contribution in [0.1, 0.15) is 11.6 Å². The Bertz CT molecular complexity index is 588. The molecule has 2 atom stereocenters. The molecule has 2 rings (SSSR count). The van der Waals surface area contributed by atoms with Crippen molar-refractivity contribution in [2.75, 3.05) is 26.6 Å². The largest absolute Gasteiger partial charge is 0.463 e. The first-order valence-electron chi connectivity index (χ1n) is 7.12. The molecule has 2 N–H and O–H groups in total. The number of carbonyl (C=O) groups excluding carboxylic acids is 2. The molecule has 7 heteroatoms. The molecule has 1 heterocycles. The molecule has 0 aromatic heterocycles. The van der Waals surface area contributed by atoms with Crippen LogP contribution in [0.3, 0.4) is 0 Å². The van der Waals surface area contributed by atoms with E-state index in [4.69, 9.17) is 9.47 Å². The second-order valence-electron chi connectivity index (χ2n) is 5.01. The van der Waals surface area contributed by atoms with E-state index in [1.807, 2.05) is 30.5 Å². The van der Waals surface area contributed by atoms with E-state index in [9.17, 15) is 9.59 Å². The highest BCUT2D eigenvalue weighted by molar-refractivity contribution is 7.98. The number of carbonyl (C=O) groups is 2. The number of thioether (sulfide) groups is 1. The Labute approximate surface area is 139 Å². The van der Waals surface area contributed by atoms with Crippen molar-refractivity contribution in [2.24, 2.45) is 5.92 Å². The quantitative estimate of drug-likeness (QED) is 0.472. The summed E-state index contributed by atoms with van der Waals surface area (Å²) in [6.07, 6.45) is 1.99. The van der Waals surface area contributed by atoms with E-state index in [0.717, 1.165) is 10.5 Å². The Morgan fingerprint density at radius 2 is 2.00 bits per heavy atom. The van der Waals surface area contributed by atoms with Gasteiger partial charge in [-0.2, -0.15) is 0 Å². The van der Waals surface area contributed by atoms with Gasteiger partial charge in [0.1, 0.15) is 12.5 Å².